The lowest BCUT2D eigenvalue weighted by molar-refractivity contribution is 0.0948. The van der Waals surface area contributed by atoms with Crippen molar-refractivity contribution in [3.8, 4) is 29.1 Å². The molecule has 188 valence electrons. The van der Waals surface area contributed by atoms with Crippen molar-refractivity contribution < 1.29 is 19.1 Å². The van der Waals surface area contributed by atoms with Crippen LogP contribution in [-0.2, 0) is 4.74 Å². The second kappa shape index (κ2) is 12.7. The molecule has 0 aliphatic carbocycles. The number of ether oxygens (including phenoxy) is 2. The standard InChI is InChI=1S/C27H26N6O4/c1-4-22(10-11-28)37-27(35)31-17(2)18-6-5-7-21(12-18)32-26(34)24-16-30-15-23(33-24)19-8-9-20(14-29)25(13-19)36-3/h5-9,12-13,15-17,22H,4,10H2,1-3H3,(H,31,35)(H,32,34)/t17-,22?/m0/s1. The first-order valence-corrected chi connectivity index (χ1v) is 11.5. The van der Waals surface area contributed by atoms with Crippen molar-refractivity contribution in [2.24, 2.45) is 0 Å². The Labute approximate surface area is 214 Å². The van der Waals surface area contributed by atoms with Crippen LogP contribution in [0, 0.1) is 22.7 Å². The number of hydrogen-bond donors (Lipinski definition) is 2. The van der Waals surface area contributed by atoms with Crippen LogP contribution in [0.2, 0.25) is 0 Å². The van der Waals surface area contributed by atoms with Crippen molar-refractivity contribution in [1.29, 1.82) is 10.5 Å². The van der Waals surface area contributed by atoms with E-state index < -0.39 is 24.1 Å². The van der Waals surface area contributed by atoms with E-state index in [1.54, 1.807) is 43.3 Å². The fraction of sp³-hybridized carbons (Fsp3) is 0.259. The fourth-order valence-corrected chi connectivity index (χ4v) is 3.45. The number of carbonyl (C=O) groups is 2. The number of hydrogen-bond acceptors (Lipinski definition) is 8. The Morgan fingerprint density at radius 2 is 1.95 bits per heavy atom. The zero-order chi connectivity index (χ0) is 26.8. The summed E-state index contributed by atoms with van der Waals surface area (Å²) >= 11 is 0. The van der Waals surface area contributed by atoms with Crippen LogP contribution in [0.15, 0.2) is 54.9 Å². The van der Waals surface area contributed by atoms with Gasteiger partial charge in [-0.15, -0.1) is 0 Å². The van der Waals surface area contributed by atoms with E-state index in [9.17, 15) is 14.9 Å². The molecule has 3 rings (SSSR count). The van der Waals surface area contributed by atoms with Crippen molar-refractivity contribution in [3.63, 3.8) is 0 Å². The molecule has 37 heavy (non-hydrogen) atoms. The van der Waals surface area contributed by atoms with Gasteiger partial charge in [-0.05, 0) is 43.2 Å². The summed E-state index contributed by atoms with van der Waals surface area (Å²) in [5.41, 5.74) is 2.83. The Kier molecular flexibility index (Phi) is 9.11. The molecule has 1 aromatic heterocycles. The number of alkyl carbamates (subject to hydrolysis) is 1. The summed E-state index contributed by atoms with van der Waals surface area (Å²) in [7, 11) is 1.47. The van der Waals surface area contributed by atoms with Gasteiger partial charge in [0.25, 0.3) is 5.91 Å². The molecule has 10 heteroatoms. The van der Waals surface area contributed by atoms with E-state index >= 15 is 0 Å². The van der Waals surface area contributed by atoms with Crippen LogP contribution in [0.25, 0.3) is 11.3 Å². The number of amides is 2. The van der Waals surface area contributed by atoms with Gasteiger partial charge in [0.2, 0.25) is 0 Å². The molecule has 1 unspecified atom stereocenters. The maximum absolute atomic E-state index is 12.9. The zero-order valence-corrected chi connectivity index (χ0v) is 20.7. The third kappa shape index (κ3) is 7.03. The highest BCUT2D eigenvalue weighted by Gasteiger charge is 2.17. The Balaban J connectivity index is 1.70. The lowest BCUT2D eigenvalue weighted by Gasteiger charge is -2.18. The lowest BCUT2D eigenvalue weighted by Crippen LogP contribution is -2.30. The molecule has 0 bridgehead atoms. The normalized spacial score (nSPS) is 11.8. The van der Waals surface area contributed by atoms with E-state index in [4.69, 9.17) is 14.7 Å². The molecule has 3 aromatic rings. The van der Waals surface area contributed by atoms with Gasteiger partial charge in [-0.3, -0.25) is 9.78 Å². The third-order valence-electron chi connectivity index (χ3n) is 5.51. The second-order valence-electron chi connectivity index (χ2n) is 8.06. The van der Waals surface area contributed by atoms with Crippen molar-refractivity contribution in [1.82, 2.24) is 15.3 Å². The maximum atomic E-state index is 12.9. The molecular formula is C27H26N6O4. The van der Waals surface area contributed by atoms with E-state index in [1.807, 2.05) is 19.1 Å². The van der Waals surface area contributed by atoms with Crippen LogP contribution >= 0.6 is 0 Å². The van der Waals surface area contributed by atoms with Gasteiger partial charge < -0.3 is 20.1 Å². The predicted molar refractivity (Wildman–Crippen MR) is 135 cm³/mol. The molecule has 2 N–H and O–H groups in total. The first-order chi connectivity index (χ1) is 17.9. The largest absolute Gasteiger partial charge is 0.495 e. The monoisotopic (exact) mass is 498 g/mol. The van der Waals surface area contributed by atoms with E-state index in [2.05, 4.69) is 26.7 Å². The van der Waals surface area contributed by atoms with Gasteiger partial charge in [0.15, 0.2) is 0 Å². The van der Waals surface area contributed by atoms with E-state index in [0.717, 1.165) is 5.56 Å². The minimum atomic E-state index is -0.615. The van der Waals surface area contributed by atoms with Gasteiger partial charge in [-0.25, -0.2) is 9.78 Å². The molecule has 0 aliphatic heterocycles. The maximum Gasteiger partial charge on any atom is 0.407 e. The van der Waals surface area contributed by atoms with E-state index in [0.29, 0.717) is 34.7 Å². The van der Waals surface area contributed by atoms with Crippen LogP contribution in [0.1, 0.15) is 54.3 Å². The summed E-state index contributed by atoms with van der Waals surface area (Å²) in [4.78, 5) is 33.6. The quantitative estimate of drug-likeness (QED) is 0.429. The first-order valence-electron chi connectivity index (χ1n) is 11.5. The summed E-state index contributed by atoms with van der Waals surface area (Å²) in [5.74, 6) is -0.0650. The Morgan fingerprint density at radius 3 is 2.65 bits per heavy atom. The Bertz CT molecular complexity index is 1360. The number of nitrogens with zero attached hydrogens (tertiary/aromatic N) is 4. The fourth-order valence-electron chi connectivity index (χ4n) is 3.45. The number of anilines is 1. The average Bonchev–Trinajstić information content (AvgIpc) is 2.92. The minimum absolute atomic E-state index is 0.101. The molecule has 2 aromatic carbocycles. The molecular weight excluding hydrogens is 472 g/mol. The van der Waals surface area contributed by atoms with Crippen LogP contribution in [-0.4, -0.2) is 35.2 Å². The van der Waals surface area contributed by atoms with E-state index in [-0.39, 0.29) is 12.1 Å². The van der Waals surface area contributed by atoms with Gasteiger partial charge in [-0.2, -0.15) is 10.5 Å². The Morgan fingerprint density at radius 1 is 1.14 bits per heavy atom. The third-order valence-corrected chi connectivity index (χ3v) is 5.51. The van der Waals surface area contributed by atoms with E-state index in [1.165, 1.54) is 19.5 Å². The molecule has 1 heterocycles. The molecule has 0 fully saturated rings. The van der Waals surface area contributed by atoms with Crippen molar-refractivity contribution in [2.75, 3.05) is 12.4 Å². The van der Waals surface area contributed by atoms with Crippen molar-refractivity contribution in [3.05, 3.63) is 71.7 Å². The van der Waals surface area contributed by atoms with Gasteiger partial charge in [0, 0.05) is 11.3 Å². The second-order valence-corrected chi connectivity index (χ2v) is 8.06. The number of nitrogens with one attached hydrogen (secondary N) is 2. The molecule has 10 nitrogen and oxygen atoms in total. The molecule has 0 saturated carbocycles. The number of carbonyl (C=O) groups excluding carboxylic acids is 2. The highest BCUT2D eigenvalue weighted by molar-refractivity contribution is 6.03. The van der Waals surface area contributed by atoms with Gasteiger partial charge in [-0.1, -0.05) is 25.1 Å². The zero-order valence-electron chi connectivity index (χ0n) is 20.7. The molecule has 0 aliphatic rings. The van der Waals surface area contributed by atoms with Crippen LogP contribution in [0.4, 0.5) is 10.5 Å². The molecule has 0 radical (unpaired) electrons. The smallest absolute Gasteiger partial charge is 0.407 e. The lowest BCUT2D eigenvalue weighted by atomic mass is 10.1. The Hall–Kier alpha value is -4.96. The van der Waals surface area contributed by atoms with Gasteiger partial charge in [0.05, 0.1) is 49.3 Å². The highest BCUT2D eigenvalue weighted by Crippen LogP contribution is 2.26. The first kappa shape index (κ1) is 26.6. The molecule has 2 amide bonds. The summed E-state index contributed by atoms with van der Waals surface area (Å²) < 4.78 is 10.5. The number of nitriles is 2. The van der Waals surface area contributed by atoms with Gasteiger partial charge >= 0.3 is 6.09 Å². The predicted octanol–water partition coefficient (Wildman–Crippen LogP) is 4.76. The van der Waals surface area contributed by atoms with Gasteiger partial charge in [0.1, 0.15) is 23.6 Å². The minimum Gasteiger partial charge on any atom is -0.495 e. The summed E-state index contributed by atoms with van der Waals surface area (Å²) in [6.45, 7) is 3.63. The SMILES string of the molecule is CCC(CC#N)OC(=O)N[C@@H](C)c1cccc(NC(=O)c2cncc(-c3ccc(C#N)c(OC)c3)n2)c1. The number of methoxy groups -OCH3 is 1. The molecule has 2 atom stereocenters. The van der Waals surface area contributed by atoms with Crippen LogP contribution in [0.3, 0.4) is 0 Å². The number of aromatic nitrogens is 2. The van der Waals surface area contributed by atoms with Crippen molar-refractivity contribution in [2.45, 2.75) is 38.8 Å². The average molecular weight is 499 g/mol. The summed E-state index contributed by atoms with van der Waals surface area (Å²) in [6.07, 6.45) is 2.46. The van der Waals surface area contributed by atoms with Crippen LogP contribution in [0.5, 0.6) is 5.75 Å². The number of benzene rings is 2. The molecule has 0 saturated heterocycles. The summed E-state index contributed by atoms with van der Waals surface area (Å²) in [6, 6.07) is 15.7. The summed E-state index contributed by atoms with van der Waals surface area (Å²) in [5, 5.41) is 23.5. The van der Waals surface area contributed by atoms with Crippen molar-refractivity contribution >= 4 is 17.7 Å². The van der Waals surface area contributed by atoms with Crippen LogP contribution < -0.4 is 15.4 Å². The number of rotatable bonds is 9. The topological polar surface area (TPSA) is 150 Å². The highest BCUT2D eigenvalue weighted by atomic mass is 16.6. The molecule has 0 spiro atoms.